The van der Waals surface area contributed by atoms with Crippen LogP contribution in [0, 0.1) is 6.92 Å². The van der Waals surface area contributed by atoms with E-state index in [2.05, 4.69) is 15.1 Å². The molecule has 0 bridgehead atoms. The molecule has 1 aliphatic heterocycles. The van der Waals surface area contributed by atoms with Gasteiger partial charge in [-0.1, -0.05) is 6.42 Å². The highest BCUT2D eigenvalue weighted by molar-refractivity contribution is 7.92. The molecule has 0 aliphatic carbocycles. The van der Waals surface area contributed by atoms with Gasteiger partial charge < -0.3 is 5.32 Å². The van der Waals surface area contributed by atoms with Crippen LogP contribution in [-0.4, -0.2) is 34.4 Å². The lowest BCUT2D eigenvalue weighted by Crippen LogP contribution is -2.30. The predicted octanol–water partition coefficient (Wildman–Crippen LogP) is 1.48. The van der Waals surface area contributed by atoms with E-state index < -0.39 is 10.0 Å². The van der Waals surface area contributed by atoms with Crippen molar-refractivity contribution in [1.29, 1.82) is 0 Å². The van der Waals surface area contributed by atoms with Gasteiger partial charge >= 0.3 is 5.69 Å². The Kier molecular flexibility index (Phi) is 5.87. The summed E-state index contributed by atoms with van der Waals surface area (Å²) in [5, 5.41) is 7.03. The van der Waals surface area contributed by atoms with Crippen molar-refractivity contribution in [3.8, 4) is 0 Å². The van der Waals surface area contributed by atoms with Gasteiger partial charge in [-0.2, -0.15) is 5.10 Å². The van der Waals surface area contributed by atoms with E-state index in [9.17, 15) is 18.0 Å². The maximum Gasteiger partial charge on any atom is 0.346 e. The minimum absolute atomic E-state index is 0.0195. The summed E-state index contributed by atoms with van der Waals surface area (Å²) in [6, 6.07) is 4.89. The van der Waals surface area contributed by atoms with Crippen LogP contribution in [0.5, 0.6) is 0 Å². The molecule has 2 aromatic rings. The molecule has 0 saturated heterocycles. The van der Waals surface area contributed by atoms with Gasteiger partial charge in [0.05, 0.1) is 11.4 Å². The van der Waals surface area contributed by atoms with Crippen LogP contribution in [0.15, 0.2) is 23.0 Å². The van der Waals surface area contributed by atoms with Crippen LogP contribution in [0.3, 0.4) is 0 Å². The van der Waals surface area contributed by atoms with Gasteiger partial charge in [0.15, 0.2) is 0 Å². The normalized spacial score (nSPS) is 14.2. The van der Waals surface area contributed by atoms with Crippen LogP contribution in [0.1, 0.15) is 37.6 Å². The standard InChI is InChI=1S/C18H25N5O4S/c1-3-28(26,27)21-15-9-8-14(11-13(15)2)19-17(24)12-23-18(25)22-10-6-4-5-7-16(22)20-23/h8-9,11,21H,3-7,10,12H2,1-2H3,(H,19,24). The maximum absolute atomic E-state index is 12.4. The van der Waals surface area contributed by atoms with Gasteiger partial charge in [0.1, 0.15) is 12.4 Å². The number of hydrogen-bond acceptors (Lipinski definition) is 5. The third kappa shape index (κ3) is 4.61. The van der Waals surface area contributed by atoms with Crippen LogP contribution >= 0.6 is 0 Å². The van der Waals surface area contributed by atoms with Gasteiger partial charge in [0.2, 0.25) is 15.9 Å². The fourth-order valence-electron chi connectivity index (χ4n) is 3.16. The Morgan fingerprint density at radius 3 is 2.75 bits per heavy atom. The molecule has 1 aromatic carbocycles. The maximum atomic E-state index is 12.4. The molecule has 0 radical (unpaired) electrons. The first-order valence-electron chi connectivity index (χ1n) is 9.36. The number of sulfonamides is 1. The lowest BCUT2D eigenvalue weighted by atomic mass is 10.2. The molecule has 10 heteroatoms. The monoisotopic (exact) mass is 407 g/mol. The molecule has 9 nitrogen and oxygen atoms in total. The quantitative estimate of drug-likeness (QED) is 0.753. The van der Waals surface area contributed by atoms with Crippen LogP contribution in [0.2, 0.25) is 0 Å². The molecular formula is C18H25N5O4S. The largest absolute Gasteiger partial charge is 0.346 e. The molecule has 28 heavy (non-hydrogen) atoms. The molecule has 0 unspecified atom stereocenters. The minimum atomic E-state index is -3.37. The number of nitrogens with zero attached hydrogens (tertiary/aromatic N) is 3. The number of rotatable bonds is 6. The zero-order chi connectivity index (χ0) is 20.3. The van der Waals surface area contributed by atoms with E-state index in [4.69, 9.17) is 0 Å². The molecule has 152 valence electrons. The van der Waals surface area contributed by atoms with Crippen LogP contribution in [0.25, 0.3) is 0 Å². The first-order chi connectivity index (χ1) is 13.3. The number of fused-ring (bicyclic) bond motifs is 1. The van der Waals surface area contributed by atoms with E-state index in [-0.39, 0.29) is 23.9 Å². The number of amides is 1. The van der Waals surface area contributed by atoms with Gasteiger partial charge in [-0.15, -0.1) is 0 Å². The lowest BCUT2D eigenvalue weighted by molar-refractivity contribution is -0.117. The summed E-state index contributed by atoms with van der Waals surface area (Å²) in [5.74, 6) is 0.351. The molecule has 1 amide bonds. The second-order valence-electron chi connectivity index (χ2n) is 6.90. The van der Waals surface area contributed by atoms with Crippen molar-refractivity contribution in [2.75, 3.05) is 15.8 Å². The molecule has 1 aromatic heterocycles. The van der Waals surface area contributed by atoms with E-state index in [1.54, 1.807) is 36.6 Å². The number of carbonyl (C=O) groups is 1. The number of aromatic nitrogens is 3. The van der Waals surface area contributed by atoms with Gasteiger partial charge in [0.25, 0.3) is 0 Å². The molecule has 0 saturated carbocycles. The predicted molar refractivity (Wildman–Crippen MR) is 107 cm³/mol. The van der Waals surface area contributed by atoms with Crippen LogP contribution in [-0.2, 0) is 34.3 Å². The van der Waals surface area contributed by atoms with E-state index in [0.717, 1.165) is 31.5 Å². The number of anilines is 2. The average Bonchev–Trinajstić information content (AvgIpc) is 2.81. The number of aryl methyl sites for hydroxylation is 2. The van der Waals surface area contributed by atoms with Crippen molar-refractivity contribution in [2.24, 2.45) is 0 Å². The summed E-state index contributed by atoms with van der Waals surface area (Å²) in [7, 11) is -3.37. The van der Waals surface area contributed by atoms with Gasteiger partial charge in [-0.25, -0.2) is 17.9 Å². The zero-order valence-electron chi connectivity index (χ0n) is 16.1. The lowest BCUT2D eigenvalue weighted by Gasteiger charge is -2.11. The summed E-state index contributed by atoms with van der Waals surface area (Å²) in [5.41, 5.74) is 1.41. The summed E-state index contributed by atoms with van der Waals surface area (Å²) in [6.07, 6.45) is 3.76. The number of hydrogen-bond donors (Lipinski definition) is 2. The van der Waals surface area contributed by atoms with Crippen LogP contribution < -0.4 is 15.7 Å². The minimum Gasteiger partial charge on any atom is -0.324 e. The van der Waals surface area contributed by atoms with E-state index >= 15 is 0 Å². The molecule has 2 N–H and O–H groups in total. The Balaban J connectivity index is 1.69. The average molecular weight is 407 g/mol. The van der Waals surface area contributed by atoms with Gasteiger partial charge in [-0.3, -0.25) is 14.1 Å². The first-order valence-corrected chi connectivity index (χ1v) is 11.0. The highest BCUT2D eigenvalue weighted by atomic mass is 32.2. The van der Waals surface area contributed by atoms with Crippen molar-refractivity contribution in [2.45, 2.75) is 52.6 Å². The first kappa shape index (κ1) is 20.1. The SMILES string of the molecule is CCS(=O)(=O)Nc1ccc(NC(=O)Cn2nc3n(c2=O)CCCCC3)cc1C. The Morgan fingerprint density at radius 1 is 1.25 bits per heavy atom. The molecule has 2 heterocycles. The molecule has 1 aliphatic rings. The molecule has 0 fully saturated rings. The topological polar surface area (TPSA) is 115 Å². The number of carbonyl (C=O) groups excluding carboxylic acids is 1. The Hall–Kier alpha value is -2.62. The molecule has 0 spiro atoms. The molecule has 0 atom stereocenters. The number of nitrogens with one attached hydrogen (secondary N) is 2. The Labute approximate surface area is 163 Å². The van der Waals surface area contributed by atoms with Crippen molar-refractivity contribution in [3.05, 3.63) is 40.1 Å². The van der Waals surface area contributed by atoms with Crippen molar-refractivity contribution < 1.29 is 13.2 Å². The highest BCUT2D eigenvalue weighted by Crippen LogP contribution is 2.21. The summed E-state index contributed by atoms with van der Waals surface area (Å²) < 4.78 is 28.8. The van der Waals surface area contributed by atoms with Crippen molar-refractivity contribution in [3.63, 3.8) is 0 Å². The molecule has 3 rings (SSSR count). The second kappa shape index (κ2) is 8.17. The highest BCUT2D eigenvalue weighted by Gasteiger charge is 2.17. The van der Waals surface area contributed by atoms with E-state index in [1.165, 1.54) is 4.68 Å². The fraction of sp³-hybridized carbons (Fsp3) is 0.500. The smallest absolute Gasteiger partial charge is 0.324 e. The van der Waals surface area contributed by atoms with Gasteiger partial charge in [-0.05, 0) is 50.5 Å². The zero-order valence-corrected chi connectivity index (χ0v) is 16.9. The van der Waals surface area contributed by atoms with Crippen molar-refractivity contribution >= 4 is 27.3 Å². The Bertz CT molecular complexity index is 1040. The second-order valence-corrected chi connectivity index (χ2v) is 8.91. The van der Waals surface area contributed by atoms with E-state index in [0.29, 0.717) is 23.5 Å². The molecular weight excluding hydrogens is 382 g/mol. The van der Waals surface area contributed by atoms with Gasteiger partial charge in [0, 0.05) is 18.7 Å². The summed E-state index contributed by atoms with van der Waals surface area (Å²) in [6.45, 7) is 3.79. The third-order valence-electron chi connectivity index (χ3n) is 4.73. The third-order valence-corrected chi connectivity index (χ3v) is 6.02. The Morgan fingerprint density at radius 2 is 2.04 bits per heavy atom. The summed E-state index contributed by atoms with van der Waals surface area (Å²) >= 11 is 0. The van der Waals surface area contributed by atoms with Crippen molar-refractivity contribution in [1.82, 2.24) is 14.3 Å². The fourth-order valence-corrected chi connectivity index (χ4v) is 3.87. The van der Waals surface area contributed by atoms with E-state index in [1.807, 2.05) is 0 Å². The number of benzene rings is 1. The van der Waals surface area contributed by atoms with Crippen LogP contribution in [0.4, 0.5) is 11.4 Å². The summed E-state index contributed by atoms with van der Waals surface area (Å²) in [4.78, 5) is 24.8.